The number of hydrogen-bond donors (Lipinski definition) is 1. The number of benzene rings is 3. The molecule has 3 aromatic carbocycles. The van der Waals surface area contributed by atoms with Gasteiger partial charge in [0, 0.05) is 40.9 Å². The van der Waals surface area contributed by atoms with Crippen LogP contribution in [-0.2, 0) is 28.3 Å². The predicted octanol–water partition coefficient (Wildman–Crippen LogP) is 6.92. The third-order valence-corrected chi connectivity index (χ3v) is 7.60. The topological polar surface area (TPSA) is 49.4 Å². The van der Waals surface area contributed by atoms with Crippen LogP contribution in [0.2, 0.25) is 10.0 Å². The highest BCUT2D eigenvalue weighted by molar-refractivity contribution is 7.99. The quantitative estimate of drug-likeness (QED) is 0.231. The maximum atomic E-state index is 13.7. The Hall–Kier alpha value is -2.54. The van der Waals surface area contributed by atoms with E-state index in [2.05, 4.69) is 12.2 Å². The maximum Gasteiger partial charge on any atom is 0.243 e. The summed E-state index contributed by atoms with van der Waals surface area (Å²) in [6.45, 7) is 2.70. The molecule has 0 saturated heterocycles. The average molecular weight is 562 g/mol. The van der Waals surface area contributed by atoms with Crippen LogP contribution in [0.25, 0.3) is 0 Å². The molecular weight excluding hydrogens is 530 g/mol. The molecular formula is C29H31Cl2FN2O2S. The van der Waals surface area contributed by atoms with E-state index < -0.39 is 6.04 Å². The molecule has 0 spiro atoms. The number of thioether (sulfide) groups is 1. The van der Waals surface area contributed by atoms with Crippen molar-refractivity contribution in [3.05, 3.63) is 105 Å². The molecule has 0 aliphatic rings. The summed E-state index contributed by atoms with van der Waals surface area (Å²) in [4.78, 5) is 28.7. The lowest BCUT2D eigenvalue weighted by Gasteiger charge is -2.32. The van der Waals surface area contributed by atoms with Gasteiger partial charge >= 0.3 is 0 Å². The van der Waals surface area contributed by atoms with Crippen LogP contribution in [0.1, 0.15) is 36.5 Å². The number of carbonyl (C=O) groups is 2. The van der Waals surface area contributed by atoms with Gasteiger partial charge in [-0.3, -0.25) is 9.59 Å². The van der Waals surface area contributed by atoms with Gasteiger partial charge in [0.25, 0.3) is 0 Å². The Kier molecular flexibility index (Phi) is 11.8. The predicted molar refractivity (Wildman–Crippen MR) is 151 cm³/mol. The standard InChI is InChI=1S/C29H31Cl2FN2O2S/c1-2-3-16-33-29(36)27(17-21-8-5-4-6-9-21)34(18-24-25(30)10-7-11-26(24)31)28(35)20-37-19-22-12-14-23(32)15-13-22/h4-15,27H,2-3,16-20H2,1H3,(H,33,36)/t27-/m1/s1. The largest absolute Gasteiger partial charge is 0.354 e. The van der Waals surface area contributed by atoms with Crippen molar-refractivity contribution in [3.8, 4) is 0 Å². The summed E-state index contributed by atoms with van der Waals surface area (Å²) < 4.78 is 13.2. The number of nitrogens with one attached hydrogen (secondary N) is 1. The summed E-state index contributed by atoms with van der Waals surface area (Å²) in [5, 5.41) is 3.88. The van der Waals surface area contributed by atoms with Crippen molar-refractivity contribution in [2.45, 2.75) is 44.5 Å². The molecule has 0 bridgehead atoms. The highest BCUT2D eigenvalue weighted by Gasteiger charge is 2.31. The molecule has 0 aromatic heterocycles. The molecule has 4 nitrogen and oxygen atoms in total. The van der Waals surface area contributed by atoms with E-state index in [1.165, 1.54) is 23.9 Å². The van der Waals surface area contributed by atoms with Crippen LogP contribution in [0.15, 0.2) is 72.8 Å². The molecule has 3 aromatic rings. The molecule has 0 fully saturated rings. The lowest BCUT2D eigenvalue weighted by atomic mass is 10.0. The highest BCUT2D eigenvalue weighted by Crippen LogP contribution is 2.28. The normalized spacial score (nSPS) is 11.7. The first-order chi connectivity index (χ1) is 17.9. The molecule has 3 rings (SSSR count). The first-order valence-corrected chi connectivity index (χ1v) is 14.2. The maximum absolute atomic E-state index is 13.7. The molecule has 0 saturated carbocycles. The van der Waals surface area contributed by atoms with E-state index in [0.29, 0.717) is 34.3 Å². The van der Waals surface area contributed by atoms with Crippen molar-refractivity contribution in [2.24, 2.45) is 0 Å². The summed E-state index contributed by atoms with van der Waals surface area (Å²) in [6.07, 6.45) is 2.15. The van der Waals surface area contributed by atoms with Gasteiger partial charge in [0.15, 0.2) is 0 Å². The van der Waals surface area contributed by atoms with Gasteiger partial charge in [-0.1, -0.05) is 85.1 Å². The minimum Gasteiger partial charge on any atom is -0.354 e. The van der Waals surface area contributed by atoms with Gasteiger partial charge in [-0.15, -0.1) is 11.8 Å². The molecule has 0 unspecified atom stereocenters. The molecule has 196 valence electrons. The summed E-state index contributed by atoms with van der Waals surface area (Å²) in [6, 6.07) is 20.3. The summed E-state index contributed by atoms with van der Waals surface area (Å²) in [5.41, 5.74) is 2.46. The Bertz CT molecular complexity index is 1140. The van der Waals surface area contributed by atoms with Crippen LogP contribution < -0.4 is 5.32 Å². The van der Waals surface area contributed by atoms with E-state index in [0.717, 1.165) is 24.0 Å². The fraction of sp³-hybridized carbons (Fsp3) is 0.310. The zero-order valence-electron chi connectivity index (χ0n) is 20.8. The first-order valence-electron chi connectivity index (χ1n) is 12.2. The zero-order chi connectivity index (χ0) is 26.6. The zero-order valence-corrected chi connectivity index (χ0v) is 23.1. The number of nitrogens with zero attached hydrogens (tertiary/aromatic N) is 1. The van der Waals surface area contributed by atoms with E-state index in [1.807, 2.05) is 30.3 Å². The van der Waals surface area contributed by atoms with Crippen LogP contribution in [0, 0.1) is 5.82 Å². The Balaban J connectivity index is 1.87. The molecule has 37 heavy (non-hydrogen) atoms. The molecule has 2 amide bonds. The molecule has 0 heterocycles. The van der Waals surface area contributed by atoms with Crippen molar-refractivity contribution in [1.29, 1.82) is 0 Å². The third kappa shape index (κ3) is 9.06. The van der Waals surface area contributed by atoms with E-state index >= 15 is 0 Å². The second-order valence-electron chi connectivity index (χ2n) is 8.69. The van der Waals surface area contributed by atoms with Gasteiger partial charge in [-0.2, -0.15) is 0 Å². The van der Waals surface area contributed by atoms with Crippen LogP contribution in [0.3, 0.4) is 0 Å². The Morgan fingerprint density at radius 2 is 1.62 bits per heavy atom. The van der Waals surface area contributed by atoms with E-state index in [1.54, 1.807) is 35.2 Å². The van der Waals surface area contributed by atoms with Crippen molar-refractivity contribution in [2.75, 3.05) is 12.3 Å². The van der Waals surface area contributed by atoms with Crippen LogP contribution in [-0.4, -0.2) is 35.1 Å². The molecule has 1 atom stereocenters. The number of hydrogen-bond acceptors (Lipinski definition) is 3. The van der Waals surface area contributed by atoms with E-state index in [9.17, 15) is 14.0 Å². The molecule has 0 aliphatic carbocycles. The second-order valence-corrected chi connectivity index (χ2v) is 10.5. The van der Waals surface area contributed by atoms with Crippen molar-refractivity contribution in [3.63, 3.8) is 0 Å². The van der Waals surface area contributed by atoms with E-state index in [4.69, 9.17) is 23.2 Å². The highest BCUT2D eigenvalue weighted by atomic mass is 35.5. The minimum atomic E-state index is -0.745. The van der Waals surface area contributed by atoms with Crippen LogP contribution in [0.4, 0.5) is 4.39 Å². The summed E-state index contributed by atoms with van der Waals surface area (Å²) in [7, 11) is 0. The lowest BCUT2D eigenvalue weighted by Crippen LogP contribution is -2.51. The average Bonchev–Trinajstić information content (AvgIpc) is 2.89. The van der Waals surface area contributed by atoms with E-state index in [-0.39, 0.29) is 29.9 Å². The van der Waals surface area contributed by atoms with Gasteiger partial charge in [0.2, 0.25) is 11.8 Å². The fourth-order valence-electron chi connectivity index (χ4n) is 3.83. The summed E-state index contributed by atoms with van der Waals surface area (Å²) >= 11 is 14.3. The van der Waals surface area contributed by atoms with Gasteiger partial charge in [0.05, 0.1) is 5.75 Å². The van der Waals surface area contributed by atoms with Gasteiger partial charge < -0.3 is 10.2 Å². The Labute approximate surface area is 232 Å². The van der Waals surface area contributed by atoms with Gasteiger partial charge in [0.1, 0.15) is 11.9 Å². The molecule has 0 aliphatic heterocycles. The Morgan fingerprint density at radius 3 is 2.27 bits per heavy atom. The number of rotatable bonds is 13. The Morgan fingerprint density at radius 1 is 0.946 bits per heavy atom. The van der Waals surface area contributed by atoms with Crippen LogP contribution >= 0.6 is 35.0 Å². The van der Waals surface area contributed by atoms with Crippen molar-refractivity contribution in [1.82, 2.24) is 10.2 Å². The van der Waals surface area contributed by atoms with Gasteiger partial charge in [-0.05, 0) is 41.8 Å². The minimum absolute atomic E-state index is 0.104. The second kappa shape index (κ2) is 15.0. The van der Waals surface area contributed by atoms with Gasteiger partial charge in [-0.25, -0.2) is 4.39 Å². The molecule has 0 radical (unpaired) electrons. The molecule has 8 heteroatoms. The third-order valence-electron chi connectivity index (χ3n) is 5.90. The number of amides is 2. The van der Waals surface area contributed by atoms with Crippen LogP contribution in [0.5, 0.6) is 0 Å². The monoisotopic (exact) mass is 560 g/mol. The SMILES string of the molecule is CCCCNC(=O)[C@@H](Cc1ccccc1)N(Cc1c(Cl)cccc1Cl)C(=O)CSCc1ccc(F)cc1. The summed E-state index contributed by atoms with van der Waals surface area (Å²) in [5.74, 6) is -0.0244. The smallest absolute Gasteiger partial charge is 0.243 e. The number of carbonyl (C=O) groups excluding carboxylic acids is 2. The van der Waals surface area contributed by atoms with Crippen molar-refractivity contribution >= 4 is 46.8 Å². The van der Waals surface area contributed by atoms with Crippen molar-refractivity contribution < 1.29 is 14.0 Å². The fourth-order valence-corrected chi connectivity index (χ4v) is 5.22. The first kappa shape index (κ1) is 29.0. The number of unbranched alkanes of at least 4 members (excludes halogenated alkanes) is 1. The molecule has 1 N–H and O–H groups in total. The number of halogens is 3. The lowest BCUT2D eigenvalue weighted by molar-refractivity contribution is -0.139.